The van der Waals surface area contributed by atoms with E-state index in [2.05, 4.69) is 5.32 Å². The second kappa shape index (κ2) is 6.00. The van der Waals surface area contributed by atoms with Gasteiger partial charge in [0.15, 0.2) is 0 Å². The molecule has 0 aliphatic carbocycles. The summed E-state index contributed by atoms with van der Waals surface area (Å²) >= 11 is 0. The van der Waals surface area contributed by atoms with Crippen LogP contribution in [0.15, 0.2) is 0 Å². The van der Waals surface area contributed by atoms with Crippen LogP contribution in [0.2, 0.25) is 0 Å². The molecule has 0 amide bonds. The zero-order valence-electron chi connectivity index (χ0n) is 10.2. The number of nitrogens with one attached hydrogen (secondary N) is 1. The van der Waals surface area contributed by atoms with Gasteiger partial charge < -0.3 is 5.32 Å². The molecule has 2 unspecified atom stereocenters. The van der Waals surface area contributed by atoms with Gasteiger partial charge in [-0.05, 0) is 12.8 Å². The molecule has 1 rings (SSSR count). The molecule has 102 valence electrons. The Morgan fingerprint density at radius 3 is 2.41 bits per heavy atom. The number of hydrogen-bond donors (Lipinski definition) is 1. The first-order valence-electron chi connectivity index (χ1n) is 6.04. The molecule has 1 heterocycles. The summed E-state index contributed by atoms with van der Waals surface area (Å²) in [5, 5.41) is 3.24. The van der Waals surface area contributed by atoms with Gasteiger partial charge in [-0.3, -0.25) is 4.90 Å². The molecule has 0 radical (unpaired) electrons. The van der Waals surface area contributed by atoms with Crippen molar-refractivity contribution in [3.05, 3.63) is 0 Å². The van der Waals surface area contributed by atoms with Gasteiger partial charge in [-0.15, -0.1) is 0 Å². The van der Waals surface area contributed by atoms with Crippen LogP contribution in [0.1, 0.15) is 26.7 Å². The minimum Gasteiger partial charge on any atom is -0.311 e. The predicted molar refractivity (Wildman–Crippen MR) is 58.7 cm³/mol. The Bertz CT molecular complexity index is 236. The van der Waals surface area contributed by atoms with Crippen LogP contribution < -0.4 is 5.32 Å². The molecule has 1 fully saturated rings. The third-order valence-corrected chi connectivity index (χ3v) is 3.31. The zero-order valence-corrected chi connectivity index (χ0v) is 10.2. The van der Waals surface area contributed by atoms with Gasteiger partial charge in [0.25, 0.3) is 0 Å². The van der Waals surface area contributed by atoms with Gasteiger partial charge in [0, 0.05) is 25.2 Å². The molecule has 1 aliphatic heterocycles. The Balaban J connectivity index is 2.64. The van der Waals surface area contributed by atoms with Crippen LogP contribution in [-0.4, -0.2) is 49.0 Å². The third-order valence-electron chi connectivity index (χ3n) is 3.31. The molecule has 0 aromatic heterocycles. The highest BCUT2D eigenvalue weighted by Gasteiger charge is 2.44. The minimum atomic E-state index is -3.91. The molecule has 1 N–H and O–H groups in total. The molecule has 2 nitrogen and oxygen atoms in total. The third kappa shape index (κ3) is 3.81. The van der Waals surface area contributed by atoms with E-state index < -0.39 is 18.9 Å². The van der Waals surface area contributed by atoms with Gasteiger partial charge >= 0.3 is 12.3 Å². The van der Waals surface area contributed by atoms with E-state index in [4.69, 9.17) is 0 Å². The van der Waals surface area contributed by atoms with Gasteiger partial charge in [0.05, 0.1) is 6.54 Å². The normalized spacial score (nSPS) is 27.7. The molecule has 17 heavy (non-hydrogen) atoms. The van der Waals surface area contributed by atoms with Crippen LogP contribution in [0.3, 0.4) is 0 Å². The maximum atomic E-state index is 13.1. The second-order valence-electron chi connectivity index (χ2n) is 4.57. The van der Waals surface area contributed by atoms with Gasteiger partial charge in [-0.1, -0.05) is 13.8 Å². The lowest BCUT2D eigenvalue weighted by molar-refractivity contribution is -0.149. The van der Waals surface area contributed by atoms with E-state index in [0.29, 0.717) is 19.5 Å². The van der Waals surface area contributed by atoms with E-state index in [9.17, 15) is 17.6 Å². The molecular weight excluding hydrogens is 236 g/mol. The van der Waals surface area contributed by atoms with Crippen molar-refractivity contribution in [3.8, 4) is 0 Å². The van der Waals surface area contributed by atoms with Gasteiger partial charge in [-0.25, -0.2) is 8.78 Å². The van der Waals surface area contributed by atoms with Crippen molar-refractivity contribution >= 4 is 0 Å². The number of nitrogens with zero attached hydrogens (tertiary/aromatic N) is 1. The fraction of sp³-hybridized carbons (Fsp3) is 1.00. The van der Waals surface area contributed by atoms with Gasteiger partial charge in [0.1, 0.15) is 0 Å². The van der Waals surface area contributed by atoms with E-state index in [1.54, 1.807) is 0 Å². The van der Waals surface area contributed by atoms with Crippen molar-refractivity contribution in [1.82, 2.24) is 10.2 Å². The van der Waals surface area contributed by atoms with Crippen molar-refractivity contribution in [1.29, 1.82) is 0 Å². The summed E-state index contributed by atoms with van der Waals surface area (Å²) in [5.41, 5.74) is 0. The van der Waals surface area contributed by atoms with Crippen molar-refractivity contribution in [2.45, 2.75) is 51.1 Å². The molecule has 1 aliphatic rings. The molecule has 0 aromatic carbocycles. The maximum absolute atomic E-state index is 13.1. The molecule has 1 saturated heterocycles. The van der Waals surface area contributed by atoms with Crippen molar-refractivity contribution in [3.63, 3.8) is 0 Å². The first kappa shape index (κ1) is 14.7. The lowest BCUT2D eigenvalue weighted by Crippen LogP contribution is -2.59. The standard InChI is InChI=1S/C11H20F4N2/c1-3-8-6-17(9(4-2)5-16-8)7-11(14,15)10(12)13/h8-10,16H,3-7H2,1-2H3. The highest BCUT2D eigenvalue weighted by atomic mass is 19.3. The van der Waals surface area contributed by atoms with E-state index in [1.807, 2.05) is 13.8 Å². The summed E-state index contributed by atoms with van der Waals surface area (Å²) in [4.78, 5) is 1.50. The average Bonchev–Trinajstić information content (AvgIpc) is 2.28. The smallest absolute Gasteiger partial charge is 0.311 e. The second-order valence-corrected chi connectivity index (χ2v) is 4.57. The minimum absolute atomic E-state index is 0.0811. The van der Waals surface area contributed by atoms with Crippen LogP contribution in [0.5, 0.6) is 0 Å². The summed E-state index contributed by atoms with van der Waals surface area (Å²) in [6, 6.07) is 0.0358. The Hall–Kier alpha value is -0.360. The topological polar surface area (TPSA) is 15.3 Å². The molecule has 0 bridgehead atoms. The highest BCUT2D eigenvalue weighted by molar-refractivity contribution is 4.88. The van der Waals surface area contributed by atoms with Gasteiger partial charge in [0.2, 0.25) is 0 Å². The molecule has 2 atom stereocenters. The maximum Gasteiger partial charge on any atom is 0.319 e. The van der Waals surface area contributed by atoms with Crippen molar-refractivity contribution in [2.75, 3.05) is 19.6 Å². The first-order chi connectivity index (χ1) is 7.90. The van der Waals surface area contributed by atoms with E-state index >= 15 is 0 Å². The largest absolute Gasteiger partial charge is 0.319 e. The van der Waals surface area contributed by atoms with Crippen LogP contribution in [0.25, 0.3) is 0 Å². The summed E-state index contributed by atoms with van der Waals surface area (Å²) < 4.78 is 50.5. The fourth-order valence-corrected chi connectivity index (χ4v) is 2.14. The lowest BCUT2D eigenvalue weighted by Gasteiger charge is -2.41. The van der Waals surface area contributed by atoms with E-state index in [0.717, 1.165) is 6.42 Å². The number of piperazine rings is 1. The van der Waals surface area contributed by atoms with Crippen molar-refractivity contribution in [2.24, 2.45) is 0 Å². The monoisotopic (exact) mass is 256 g/mol. The molecule has 0 saturated carbocycles. The Morgan fingerprint density at radius 2 is 1.94 bits per heavy atom. The first-order valence-corrected chi connectivity index (χ1v) is 6.04. The number of alkyl halides is 4. The highest BCUT2D eigenvalue weighted by Crippen LogP contribution is 2.26. The molecular formula is C11H20F4N2. The number of hydrogen-bond acceptors (Lipinski definition) is 2. The summed E-state index contributed by atoms with van der Waals surface area (Å²) in [7, 11) is 0. The number of halogens is 4. The number of rotatable bonds is 5. The van der Waals surface area contributed by atoms with E-state index in [-0.39, 0.29) is 12.1 Å². The summed E-state index contributed by atoms with van der Waals surface area (Å²) in [5.74, 6) is -3.91. The van der Waals surface area contributed by atoms with Crippen molar-refractivity contribution < 1.29 is 17.6 Å². The molecule has 0 aromatic rings. The molecule has 6 heteroatoms. The fourth-order valence-electron chi connectivity index (χ4n) is 2.14. The summed E-state index contributed by atoms with van der Waals surface area (Å²) in [6.45, 7) is 3.99. The van der Waals surface area contributed by atoms with Crippen LogP contribution in [0.4, 0.5) is 17.6 Å². The molecule has 0 spiro atoms. The predicted octanol–water partition coefficient (Wildman–Crippen LogP) is 2.35. The Morgan fingerprint density at radius 1 is 1.29 bits per heavy atom. The SMILES string of the molecule is CCC1CN(CC(F)(F)C(F)F)C(CC)CN1. The van der Waals surface area contributed by atoms with Crippen LogP contribution in [0, 0.1) is 0 Å². The average molecular weight is 256 g/mol. The zero-order chi connectivity index (χ0) is 13.1. The lowest BCUT2D eigenvalue weighted by atomic mass is 10.0. The van der Waals surface area contributed by atoms with Crippen LogP contribution in [-0.2, 0) is 0 Å². The Kier molecular flexibility index (Phi) is 5.19. The van der Waals surface area contributed by atoms with E-state index in [1.165, 1.54) is 4.90 Å². The quantitative estimate of drug-likeness (QED) is 0.760. The van der Waals surface area contributed by atoms with Gasteiger partial charge in [-0.2, -0.15) is 8.78 Å². The van der Waals surface area contributed by atoms with Crippen LogP contribution >= 0.6 is 0 Å². The summed E-state index contributed by atoms with van der Waals surface area (Å²) in [6.07, 6.45) is -2.09. The Labute approximate surface area is 99.4 Å².